The molecule has 0 aromatic rings. The normalized spacial score (nSPS) is 21.7. The van der Waals surface area contributed by atoms with Crippen molar-refractivity contribution < 1.29 is 19.4 Å². The number of likely N-dealkylation sites (tertiary alicyclic amines) is 1. The molecule has 0 aromatic heterocycles. The molecule has 1 aliphatic rings. The van der Waals surface area contributed by atoms with Crippen molar-refractivity contribution in [3.8, 4) is 6.07 Å². The number of methoxy groups -OCH3 is 1. The lowest BCUT2D eigenvalue weighted by Gasteiger charge is -2.38. The number of carbonyl (C=O) groups excluding carboxylic acids is 1. The highest BCUT2D eigenvalue weighted by molar-refractivity contribution is 5.83. The van der Waals surface area contributed by atoms with Crippen LogP contribution in [0.3, 0.4) is 0 Å². The first-order chi connectivity index (χ1) is 10.0. The molecular weight excluding hydrogens is 274 g/mol. The lowest BCUT2D eigenvalue weighted by atomic mass is 9.92. The summed E-state index contributed by atoms with van der Waals surface area (Å²) in [5, 5.41) is 18.0. The molecule has 1 N–H and O–H groups in total. The maximum atomic E-state index is 12.6. The molecule has 21 heavy (non-hydrogen) atoms. The number of nitriles is 1. The summed E-state index contributed by atoms with van der Waals surface area (Å²) in [5.74, 6) is -0.677. The summed E-state index contributed by atoms with van der Waals surface area (Å²) in [4.78, 5) is 26.8. The first-order valence-corrected chi connectivity index (χ1v) is 7.15. The van der Waals surface area contributed by atoms with E-state index in [2.05, 4.69) is 0 Å². The van der Waals surface area contributed by atoms with Gasteiger partial charge in [-0.15, -0.1) is 0 Å². The third kappa shape index (κ3) is 4.90. The van der Waals surface area contributed by atoms with Crippen molar-refractivity contribution >= 4 is 12.0 Å². The quantitative estimate of drug-likeness (QED) is 0.793. The minimum absolute atomic E-state index is 0.220. The zero-order valence-electron chi connectivity index (χ0n) is 12.6. The SMILES string of the molecule is COCCN(CCC#N)C(=O)N1CCC(C)CC1C(=O)O. The Morgan fingerprint density at radius 2 is 2.19 bits per heavy atom. The van der Waals surface area contributed by atoms with Crippen molar-refractivity contribution in [2.45, 2.75) is 32.2 Å². The number of carboxylic acids is 1. The van der Waals surface area contributed by atoms with Crippen LogP contribution in [0.4, 0.5) is 4.79 Å². The Labute approximate surface area is 125 Å². The molecule has 0 bridgehead atoms. The van der Waals surface area contributed by atoms with Gasteiger partial charge < -0.3 is 19.6 Å². The summed E-state index contributed by atoms with van der Waals surface area (Å²) in [6, 6.07) is 0.902. The number of urea groups is 1. The maximum Gasteiger partial charge on any atom is 0.326 e. The Morgan fingerprint density at radius 1 is 1.48 bits per heavy atom. The van der Waals surface area contributed by atoms with Gasteiger partial charge in [0.15, 0.2) is 0 Å². The van der Waals surface area contributed by atoms with Gasteiger partial charge in [-0.05, 0) is 18.8 Å². The van der Waals surface area contributed by atoms with E-state index in [-0.39, 0.29) is 19.0 Å². The average Bonchev–Trinajstić information content (AvgIpc) is 2.46. The van der Waals surface area contributed by atoms with Gasteiger partial charge in [0.25, 0.3) is 0 Å². The molecule has 118 valence electrons. The number of nitrogens with zero attached hydrogens (tertiary/aromatic N) is 3. The van der Waals surface area contributed by atoms with Crippen molar-refractivity contribution in [2.24, 2.45) is 5.92 Å². The van der Waals surface area contributed by atoms with Gasteiger partial charge >= 0.3 is 12.0 Å². The second kappa shape index (κ2) is 8.47. The average molecular weight is 297 g/mol. The van der Waals surface area contributed by atoms with E-state index in [1.165, 1.54) is 16.9 Å². The molecule has 7 heteroatoms. The highest BCUT2D eigenvalue weighted by Gasteiger charge is 2.36. The molecule has 0 spiro atoms. The number of hydrogen-bond donors (Lipinski definition) is 1. The van der Waals surface area contributed by atoms with E-state index in [9.17, 15) is 14.7 Å². The van der Waals surface area contributed by atoms with Crippen LogP contribution in [0.15, 0.2) is 0 Å². The lowest BCUT2D eigenvalue weighted by molar-refractivity contribution is -0.144. The van der Waals surface area contributed by atoms with Crippen molar-refractivity contribution in [2.75, 3.05) is 33.4 Å². The van der Waals surface area contributed by atoms with E-state index in [0.29, 0.717) is 32.0 Å². The van der Waals surface area contributed by atoms with Crippen LogP contribution in [-0.4, -0.2) is 66.3 Å². The number of aliphatic carboxylic acids is 1. The van der Waals surface area contributed by atoms with Crippen LogP contribution in [0.5, 0.6) is 0 Å². The van der Waals surface area contributed by atoms with E-state index < -0.39 is 12.0 Å². The van der Waals surface area contributed by atoms with Crippen molar-refractivity contribution in [1.82, 2.24) is 9.80 Å². The number of rotatable bonds is 6. The zero-order valence-corrected chi connectivity index (χ0v) is 12.6. The Bertz CT molecular complexity index is 408. The number of amides is 2. The number of carboxylic acid groups (broad SMARTS) is 1. The summed E-state index contributed by atoms with van der Waals surface area (Å²) in [6.45, 7) is 3.44. The van der Waals surface area contributed by atoms with Crippen LogP contribution < -0.4 is 0 Å². The second-order valence-electron chi connectivity index (χ2n) is 5.35. The van der Waals surface area contributed by atoms with Gasteiger partial charge in [0.05, 0.1) is 19.1 Å². The standard InChI is InChI=1S/C14H23N3O4/c1-11-4-7-17(12(10-11)13(18)19)14(20)16(6-3-5-15)8-9-21-2/h11-12H,3-4,6-10H2,1-2H3,(H,18,19). The maximum absolute atomic E-state index is 12.6. The summed E-state index contributed by atoms with van der Waals surface area (Å²) >= 11 is 0. The van der Waals surface area contributed by atoms with Gasteiger partial charge in [-0.2, -0.15) is 5.26 Å². The Morgan fingerprint density at radius 3 is 2.76 bits per heavy atom. The van der Waals surface area contributed by atoms with Crippen LogP contribution in [0.25, 0.3) is 0 Å². The van der Waals surface area contributed by atoms with Crippen LogP contribution in [0.2, 0.25) is 0 Å². The number of piperidine rings is 1. The molecule has 0 aromatic carbocycles. The van der Waals surface area contributed by atoms with Crippen molar-refractivity contribution in [1.29, 1.82) is 5.26 Å². The van der Waals surface area contributed by atoms with Gasteiger partial charge in [-0.25, -0.2) is 9.59 Å². The molecule has 1 aliphatic heterocycles. The zero-order chi connectivity index (χ0) is 15.8. The smallest absolute Gasteiger partial charge is 0.326 e. The topological polar surface area (TPSA) is 93.9 Å². The highest BCUT2D eigenvalue weighted by atomic mass is 16.5. The molecule has 0 aliphatic carbocycles. The first kappa shape index (κ1) is 17.2. The molecule has 1 fully saturated rings. The summed E-state index contributed by atoms with van der Waals surface area (Å²) < 4.78 is 4.97. The summed E-state index contributed by atoms with van der Waals surface area (Å²) in [6.07, 6.45) is 1.49. The van der Waals surface area contributed by atoms with E-state index in [1.54, 1.807) is 0 Å². The predicted octanol–water partition coefficient (Wildman–Crippen LogP) is 1.15. The fraction of sp³-hybridized carbons (Fsp3) is 0.786. The molecule has 1 heterocycles. The molecular formula is C14H23N3O4. The monoisotopic (exact) mass is 297 g/mol. The van der Waals surface area contributed by atoms with Gasteiger partial charge in [-0.1, -0.05) is 6.92 Å². The molecule has 0 saturated carbocycles. The van der Waals surface area contributed by atoms with Gasteiger partial charge in [0.2, 0.25) is 0 Å². The molecule has 0 radical (unpaired) electrons. The summed E-state index contributed by atoms with van der Waals surface area (Å²) in [5.41, 5.74) is 0. The van der Waals surface area contributed by atoms with Crippen LogP contribution in [0, 0.1) is 17.2 Å². The minimum atomic E-state index is -0.970. The van der Waals surface area contributed by atoms with Gasteiger partial charge in [0.1, 0.15) is 6.04 Å². The fourth-order valence-electron chi connectivity index (χ4n) is 2.48. The summed E-state index contributed by atoms with van der Waals surface area (Å²) in [7, 11) is 1.54. The van der Waals surface area contributed by atoms with Crippen molar-refractivity contribution in [3.63, 3.8) is 0 Å². The minimum Gasteiger partial charge on any atom is -0.480 e. The molecule has 2 amide bonds. The number of hydrogen-bond acceptors (Lipinski definition) is 4. The second-order valence-corrected chi connectivity index (χ2v) is 5.35. The fourth-order valence-corrected chi connectivity index (χ4v) is 2.48. The van der Waals surface area contributed by atoms with Crippen LogP contribution in [0.1, 0.15) is 26.2 Å². The molecule has 1 saturated heterocycles. The van der Waals surface area contributed by atoms with E-state index in [4.69, 9.17) is 10.00 Å². The third-order valence-corrected chi connectivity index (χ3v) is 3.72. The number of ether oxygens (including phenoxy) is 1. The Kier molecular flexibility index (Phi) is 6.96. The third-order valence-electron chi connectivity index (χ3n) is 3.72. The predicted molar refractivity (Wildman–Crippen MR) is 75.6 cm³/mol. The van der Waals surface area contributed by atoms with Gasteiger partial charge in [-0.3, -0.25) is 0 Å². The van der Waals surface area contributed by atoms with E-state index in [0.717, 1.165) is 6.42 Å². The number of carbonyl (C=O) groups is 2. The lowest BCUT2D eigenvalue weighted by Crippen LogP contribution is -2.55. The Hall–Kier alpha value is -1.81. The van der Waals surface area contributed by atoms with Gasteiger partial charge in [0, 0.05) is 26.7 Å². The molecule has 2 unspecified atom stereocenters. The molecule has 7 nitrogen and oxygen atoms in total. The van der Waals surface area contributed by atoms with Crippen molar-refractivity contribution in [3.05, 3.63) is 0 Å². The largest absolute Gasteiger partial charge is 0.480 e. The van der Waals surface area contributed by atoms with E-state index >= 15 is 0 Å². The molecule has 1 rings (SSSR count). The van der Waals surface area contributed by atoms with E-state index in [1.807, 2.05) is 13.0 Å². The first-order valence-electron chi connectivity index (χ1n) is 7.15. The molecule has 2 atom stereocenters. The van der Waals surface area contributed by atoms with Crippen LogP contribution >= 0.6 is 0 Å². The highest BCUT2D eigenvalue weighted by Crippen LogP contribution is 2.24. The van der Waals surface area contributed by atoms with Crippen LogP contribution in [-0.2, 0) is 9.53 Å². The Balaban J connectivity index is 2.79.